The van der Waals surface area contributed by atoms with Crippen LogP contribution in [0.15, 0.2) is 64.6 Å². The minimum atomic E-state index is -3.71. The average molecular weight is 467 g/mol. The van der Waals surface area contributed by atoms with E-state index in [1.54, 1.807) is 19.1 Å². The van der Waals surface area contributed by atoms with Crippen LogP contribution in [0.1, 0.15) is 25.7 Å². The number of thioether (sulfide) groups is 1. The second kappa shape index (κ2) is 10.3. The number of benzene rings is 2. The van der Waals surface area contributed by atoms with Crippen LogP contribution < -0.4 is 9.46 Å². The van der Waals surface area contributed by atoms with Crippen molar-refractivity contribution in [1.82, 2.24) is 19.5 Å². The van der Waals surface area contributed by atoms with Crippen LogP contribution in [0.5, 0.6) is 5.75 Å². The molecule has 0 spiro atoms. The molecule has 160 valence electrons. The molecule has 0 amide bonds. The predicted octanol–water partition coefficient (Wildman–Crippen LogP) is 4.16. The van der Waals surface area contributed by atoms with Crippen molar-refractivity contribution in [2.24, 2.45) is 0 Å². The van der Waals surface area contributed by atoms with E-state index < -0.39 is 16.1 Å². The zero-order valence-electron chi connectivity index (χ0n) is 16.7. The zero-order valence-corrected chi connectivity index (χ0v) is 19.0. The third-order valence-electron chi connectivity index (χ3n) is 4.23. The highest BCUT2D eigenvalue weighted by Crippen LogP contribution is 2.23. The van der Waals surface area contributed by atoms with E-state index in [1.807, 2.05) is 41.8 Å². The maximum atomic E-state index is 12.6. The molecular formula is C20H23ClN4O3S2. The summed E-state index contributed by atoms with van der Waals surface area (Å²) < 4.78 is 35.6. The Balaban J connectivity index is 1.63. The second-order valence-corrected chi connectivity index (χ2v) is 9.60. The molecule has 1 aromatic heterocycles. The molecule has 0 fully saturated rings. The SMILES string of the molecule is CCn1c(SCCOc2ccccc2)nnc1[C@@H](C)NS(=O)(=O)c1ccc(Cl)cc1. The van der Waals surface area contributed by atoms with Crippen LogP contribution in [0, 0.1) is 0 Å². The Bertz CT molecular complexity index is 1060. The largest absolute Gasteiger partial charge is 0.493 e. The third-order valence-corrected chi connectivity index (χ3v) is 6.97. The number of rotatable bonds is 10. The van der Waals surface area contributed by atoms with Gasteiger partial charge in [0.15, 0.2) is 11.0 Å². The van der Waals surface area contributed by atoms with E-state index >= 15 is 0 Å². The number of aromatic nitrogens is 3. The van der Waals surface area contributed by atoms with Gasteiger partial charge in [-0.3, -0.25) is 0 Å². The van der Waals surface area contributed by atoms with E-state index in [4.69, 9.17) is 16.3 Å². The van der Waals surface area contributed by atoms with Gasteiger partial charge in [0.2, 0.25) is 10.0 Å². The Morgan fingerprint density at radius 2 is 1.83 bits per heavy atom. The molecule has 1 heterocycles. The molecule has 1 N–H and O–H groups in total. The van der Waals surface area contributed by atoms with Crippen molar-refractivity contribution < 1.29 is 13.2 Å². The van der Waals surface area contributed by atoms with E-state index in [-0.39, 0.29) is 4.90 Å². The quantitative estimate of drug-likeness (QED) is 0.356. The smallest absolute Gasteiger partial charge is 0.241 e. The number of halogens is 1. The topological polar surface area (TPSA) is 86.1 Å². The maximum absolute atomic E-state index is 12.6. The van der Waals surface area contributed by atoms with Crippen LogP contribution in [0.4, 0.5) is 0 Å². The summed E-state index contributed by atoms with van der Waals surface area (Å²) in [6.07, 6.45) is 0. The van der Waals surface area contributed by atoms with E-state index in [0.29, 0.717) is 29.8 Å². The molecule has 0 saturated heterocycles. The number of nitrogens with one attached hydrogen (secondary N) is 1. The third kappa shape index (κ3) is 5.75. The summed E-state index contributed by atoms with van der Waals surface area (Å²) in [6, 6.07) is 15.1. The lowest BCUT2D eigenvalue weighted by Gasteiger charge is -2.15. The fraction of sp³-hybridized carbons (Fsp3) is 0.300. The van der Waals surface area contributed by atoms with Crippen LogP contribution in [0.25, 0.3) is 0 Å². The molecule has 10 heteroatoms. The fourth-order valence-corrected chi connectivity index (χ4v) is 4.95. The van der Waals surface area contributed by atoms with E-state index in [1.165, 1.54) is 23.9 Å². The number of hydrogen-bond donors (Lipinski definition) is 1. The second-order valence-electron chi connectivity index (χ2n) is 6.39. The lowest BCUT2D eigenvalue weighted by atomic mass is 10.3. The van der Waals surface area contributed by atoms with E-state index in [9.17, 15) is 8.42 Å². The predicted molar refractivity (Wildman–Crippen MR) is 119 cm³/mol. The monoisotopic (exact) mass is 466 g/mol. The number of hydrogen-bond acceptors (Lipinski definition) is 6. The summed E-state index contributed by atoms with van der Waals surface area (Å²) in [4.78, 5) is 0.147. The summed E-state index contributed by atoms with van der Waals surface area (Å²) >= 11 is 7.36. The van der Waals surface area contributed by atoms with Crippen molar-refractivity contribution in [3.8, 4) is 5.75 Å². The van der Waals surface area contributed by atoms with Crippen molar-refractivity contribution in [1.29, 1.82) is 0 Å². The van der Waals surface area contributed by atoms with Crippen LogP contribution in [-0.2, 0) is 16.6 Å². The van der Waals surface area contributed by atoms with Gasteiger partial charge in [0.25, 0.3) is 0 Å². The Labute approximate surface area is 185 Å². The molecule has 1 atom stereocenters. The van der Waals surface area contributed by atoms with Crippen LogP contribution in [0.2, 0.25) is 5.02 Å². The van der Waals surface area contributed by atoms with Crippen molar-refractivity contribution in [2.75, 3.05) is 12.4 Å². The minimum absolute atomic E-state index is 0.147. The van der Waals surface area contributed by atoms with Crippen molar-refractivity contribution in [2.45, 2.75) is 36.5 Å². The summed E-state index contributed by atoms with van der Waals surface area (Å²) in [7, 11) is -3.71. The number of sulfonamides is 1. The van der Waals surface area contributed by atoms with E-state index in [0.717, 1.165) is 10.9 Å². The van der Waals surface area contributed by atoms with Gasteiger partial charge >= 0.3 is 0 Å². The lowest BCUT2D eigenvalue weighted by Crippen LogP contribution is -2.29. The summed E-state index contributed by atoms with van der Waals surface area (Å²) in [6.45, 7) is 4.87. The highest BCUT2D eigenvalue weighted by atomic mass is 35.5. The van der Waals surface area contributed by atoms with Gasteiger partial charge in [-0.2, -0.15) is 0 Å². The first-order chi connectivity index (χ1) is 14.4. The molecule has 7 nitrogen and oxygen atoms in total. The highest BCUT2D eigenvalue weighted by molar-refractivity contribution is 7.99. The molecule has 30 heavy (non-hydrogen) atoms. The lowest BCUT2D eigenvalue weighted by molar-refractivity contribution is 0.344. The Kier molecular flexibility index (Phi) is 7.76. The first-order valence-corrected chi connectivity index (χ1v) is 12.3. The minimum Gasteiger partial charge on any atom is -0.493 e. The van der Waals surface area contributed by atoms with Gasteiger partial charge in [0.1, 0.15) is 5.75 Å². The standard InChI is InChI=1S/C20H23ClN4O3S2/c1-3-25-19(15(2)24-30(26,27)18-11-9-16(21)10-12-18)22-23-20(25)29-14-13-28-17-7-5-4-6-8-17/h4-12,15,24H,3,13-14H2,1-2H3/t15-/m1/s1. The number of nitrogens with zero attached hydrogens (tertiary/aromatic N) is 3. The van der Waals surface area contributed by atoms with Gasteiger partial charge in [-0.05, 0) is 50.2 Å². The summed E-state index contributed by atoms with van der Waals surface area (Å²) in [5.74, 6) is 2.07. The molecule has 0 aliphatic heterocycles. The molecule has 0 unspecified atom stereocenters. The van der Waals surface area contributed by atoms with Gasteiger partial charge in [-0.15, -0.1) is 10.2 Å². The van der Waals surface area contributed by atoms with Crippen molar-refractivity contribution in [3.05, 3.63) is 65.4 Å². The summed E-state index contributed by atoms with van der Waals surface area (Å²) in [5.41, 5.74) is 0. The molecule has 3 rings (SSSR count). The van der Waals surface area contributed by atoms with Crippen LogP contribution in [-0.4, -0.2) is 35.5 Å². The first-order valence-electron chi connectivity index (χ1n) is 9.42. The molecule has 2 aromatic carbocycles. The molecule has 3 aromatic rings. The van der Waals surface area contributed by atoms with Gasteiger partial charge in [0, 0.05) is 17.3 Å². The normalized spacial score (nSPS) is 12.6. The zero-order chi connectivity index (χ0) is 21.6. The van der Waals surface area contributed by atoms with Crippen LogP contribution in [0.3, 0.4) is 0 Å². The Hall–Kier alpha value is -2.07. The fourth-order valence-electron chi connectivity index (χ4n) is 2.80. The molecule has 0 saturated carbocycles. The molecule has 0 aliphatic carbocycles. The Morgan fingerprint density at radius 3 is 2.50 bits per heavy atom. The van der Waals surface area contributed by atoms with Crippen LogP contribution >= 0.6 is 23.4 Å². The van der Waals surface area contributed by atoms with Gasteiger partial charge < -0.3 is 9.30 Å². The molecule has 0 radical (unpaired) electrons. The van der Waals surface area contributed by atoms with Crippen molar-refractivity contribution in [3.63, 3.8) is 0 Å². The maximum Gasteiger partial charge on any atom is 0.241 e. The van der Waals surface area contributed by atoms with E-state index in [2.05, 4.69) is 14.9 Å². The van der Waals surface area contributed by atoms with Gasteiger partial charge in [-0.1, -0.05) is 41.6 Å². The summed E-state index contributed by atoms with van der Waals surface area (Å²) in [5, 5.41) is 9.66. The van der Waals surface area contributed by atoms with Gasteiger partial charge in [-0.25, -0.2) is 13.1 Å². The Morgan fingerprint density at radius 1 is 1.13 bits per heavy atom. The molecule has 0 bridgehead atoms. The average Bonchev–Trinajstić information content (AvgIpc) is 3.15. The number of ether oxygens (including phenoxy) is 1. The van der Waals surface area contributed by atoms with Crippen molar-refractivity contribution >= 4 is 33.4 Å². The first kappa shape index (κ1) is 22.6. The number of para-hydroxylation sites is 1. The van der Waals surface area contributed by atoms with Gasteiger partial charge in [0.05, 0.1) is 17.5 Å². The molecular weight excluding hydrogens is 444 g/mol. The highest BCUT2D eigenvalue weighted by Gasteiger charge is 2.23. The molecule has 0 aliphatic rings.